The minimum atomic E-state index is 0.511. The molecule has 2 aromatic rings. The summed E-state index contributed by atoms with van der Waals surface area (Å²) in [4.78, 5) is 0. The van der Waals surface area contributed by atoms with Crippen molar-refractivity contribution >= 4 is 23.0 Å². The predicted molar refractivity (Wildman–Crippen MR) is 107 cm³/mol. The third-order valence-electron chi connectivity index (χ3n) is 3.80. The lowest BCUT2D eigenvalue weighted by Crippen LogP contribution is -2.30. The molecule has 0 atom stereocenters. The number of benzene rings is 2. The van der Waals surface area contributed by atoms with Crippen molar-refractivity contribution in [3.05, 3.63) is 42.0 Å². The first-order valence-corrected chi connectivity index (χ1v) is 8.50. The highest BCUT2D eigenvalue weighted by molar-refractivity contribution is 7.80. The molecule has 0 spiro atoms. The molecule has 140 valence electrons. The summed E-state index contributed by atoms with van der Waals surface area (Å²) in [7, 11) is 6.47. The standard InChI is InChI=1S/C19H24N2O4S/c1-22-14-6-8-16(23-2)15(12-14)21-19(26)20-10-9-13-5-7-17(24-3)18(11-13)25-4/h5-8,11-12H,9-10H2,1-4H3,(H2,20,21,26). The normalized spacial score (nSPS) is 10.0. The van der Waals surface area contributed by atoms with Crippen LogP contribution in [0.1, 0.15) is 5.56 Å². The van der Waals surface area contributed by atoms with Crippen LogP contribution in [0.15, 0.2) is 36.4 Å². The third-order valence-corrected chi connectivity index (χ3v) is 4.05. The monoisotopic (exact) mass is 376 g/mol. The van der Waals surface area contributed by atoms with Gasteiger partial charge in [-0.3, -0.25) is 0 Å². The largest absolute Gasteiger partial charge is 0.497 e. The van der Waals surface area contributed by atoms with Crippen LogP contribution in [0.5, 0.6) is 23.0 Å². The highest BCUT2D eigenvalue weighted by Crippen LogP contribution is 2.29. The van der Waals surface area contributed by atoms with Gasteiger partial charge in [0.1, 0.15) is 11.5 Å². The van der Waals surface area contributed by atoms with Crippen molar-refractivity contribution in [1.29, 1.82) is 0 Å². The maximum absolute atomic E-state index is 5.36. The van der Waals surface area contributed by atoms with E-state index in [1.807, 2.05) is 36.4 Å². The summed E-state index contributed by atoms with van der Waals surface area (Å²) in [5, 5.41) is 6.83. The number of anilines is 1. The van der Waals surface area contributed by atoms with Gasteiger partial charge in [-0.2, -0.15) is 0 Å². The van der Waals surface area contributed by atoms with Gasteiger partial charge in [0.15, 0.2) is 16.6 Å². The Morgan fingerprint density at radius 1 is 0.846 bits per heavy atom. The van der Waals surface area contributed by atoms with E-state index in [-0.39, 0.29) is 0 Å². The first-order valence-electron chi connectivity index (χ1n) is 8.09. The van der Waals surface area contributed by atoms with Crippen LogP contribution in [0.3, 0.4) is 0 Å². The Hall–Kier alpha value is -2.67. The van der Waals surface area contributed by atoms with E-state index < -0.39 is 0 Å². The summed E-state index contributed by atoms with van der Waals surface area (Å²) in [5.74, 6) is 2.84. The number of ether oxygens (including phenoxy) is 4. The van der Waals surface area contributed by atoms with Crippen LogP contribution < -0.4 is 29.6 Å². The molecule has 0 unspecified atom stereocenters. The van der Waals surface area contributed by atoms with E-state index in [9.17, 15) is 0 Å². The minimum absolute atomic E-state index is 0.511. The molecule has 0 radical (unpaired) electrons. The van der Waals surface area contributed by atoms with E-state index in [2.05, 4.69) is 10.6 Å². The first-order chi connectivity index (χ1) is 12.6. The zero-order valence-electron chi connectivity index (χ0n) is 15.4. The van der Waals surface area contributed by atoms with Crippen molar-refractivity contribution in [3.63, 3.8) is 0 Å². The number of rotatable bonds is 8. The second-order valence-electron chi connectivity index (χ2n) is 5.39. The molecule has 0 aliphatic heterocycles. The van der Waals surface area contributed by atoms with Crippen molar-refractivity contribution < 1.29 is 18.9 Å². The molecule has 0 saturated carbocycles. The van der Waals surface area contributed by atoms with Crippen LogP contribution in [0.2, 0.25) is 0 Å². The van der Waals surface area contributed by atoms with Gasteiger partial charge < -0.3 is 29.6 Å². The molecule has 0 aromatic heterocycles. The highest BCUT2D eigenvalue weighted by atomic mass is 32.1. The average molecular weight is 376 g/mol. The van der Waals surface area contributed by atoms with Crippen molar-refractivity contribution in [2.45, 2.75) is 6.42 Å². The summed E-state index contributed by atoms with van der Waals surface area (Å²) in [5.41, 5.74) is 1.87. The molecule has 2 rings (SSSR count). The van der Waals surface area contributed by atoms with Crippen molar-refractivity contribution in [2.75, 3.05) is 40.3 Å². The molecular formula is C19H24N2O4S. The van der Waals surface area contributed by atoms with Crippen LogP contribution in [-0.4, -0.2) is 40.1 Å². The Kier molecular flexibility index (Phi) is 7.35. The molecule has 7 heteroatoms. The molecule has 0 amide bonds. The van der Waals surface area contributed by atoms with Crippen LogP contribution in [0.4, 0.5) is 5.69 Å². The van der Waals surface area contributed by atoms with Crippen LogP contribution in [-0.2, 0) is 6.42 Å². The Labute approximate surface area is 159 Å². The van der Waals surface area contributed by atoms with Gasteiger partial charge in [0.2, 0.25) is 0 Å². The Balaban J connectivity index is 1.91. The van der Waals surface area contributed by atoms with Crippen molar-refractivity contribution in [1.82, 2.24) is 5.32 Å². The molecule has 6 nitrogen and oxygen atoms in total. The van der Waals surface area contributed by atoms with Gasteiger partial charge in [-0.15, -0.1) is 0 Å². The Morgan fingerprint density at radius 2 is 1.54 bits per heavy atom. The van der Waals surface area contributed by atoms with Crippen molar-refractivity contribution in [2.24, 2.45) is 0 Å². The van der Waals surface area contributed by atoms with Crippen LogP contribution >= 0.6 is 12.2 Å². The maximum Gasteiger partial charge on any atom is 0.170 e. The summed E-state index contributed by atoms with van der Waals surface area (Å²) in [6, 6.07) is 11.4. The zero-order valence-corrected chi connectivity index (χ0v) is 16.2. The van der Waals surface area contributed by atoms with Gasteiger partial charge >= 0.3 is 0 Å². The topological polar surface area (TPSA) is 61.0 Å². The number of thiocarbonyl (C=S) groups is 1. The Bertz CT molecular complexity index is 752. The molecule has 0 aliphatic carbocycles. The van der Waals surface area contributed by atoms with E-state index in [0.29, 0.717) is 28.9 Å². The summed E-state index contributed by atoms with van der Waals surface area (Å²) >= 11 is 5.36. The SMILES string of the molecule is COc1ccc(OC)c(NC(=S)NCCc2ccc(OC)c(OC)c2)c1. The Morgan fingerprint density at radius 3 is 2.19 bits per heavy atom. The summed E-state index contributed by atoms with van der Waals surface area (Å²) in [6.07, 6.45) is 0.789. The number of hydrogen-bond donors (Lipinski definition) is 2. The molecule has 2 N–H and O–H groups in total. The van der Waals surface area contributed by atoms with E-state index in [0.717, 1.165) is 23.4 Å². The van der Waals surface area contributed by atoms with Gasteiger partial charge in [0, 0.05) is 12.6 Å². The number of methoxy groups -OCH3 is 4. The minimum Gasteiger partial charge on any atom is -0.497 e. The zero-order chi connectivity index (χ0) is 18.9. The lowest BCUT2D eigenvalue weighted by atomic mass is 10.1. The van der Waals surface area contributed by atoms with Crippen LogP contribution in [0.25, 0.3) is 0 Å². The molecule has 2 aromatic carbocycles. The van der Waals surface area contributed by atoms with E-state index >= 15 is 0 Å². The van der Waals surface area contributed by atoms with Gasteiger partial charge in [0.25, 0.3) is 0 Å². The van der Waals surface area contributed by atoms with Gasteiger partial charge in [0.05, 0.1) is 34.1 Å². The van der Waals surface area contributed by atoms with Gasteiger partial charge in [-0.25, -0.2) is 0 Å². The molecule has 0 fully saturated rings. The van der Waals surface area contributed by atoms with Gasteiger partial charge in [-0.05, 0) is 48.5 Å². The molecule has 26 heavy (non-hydrogen) atoms. The highest BCUT2D eigenvalue weighted by Gasteiger charge is 2.08. The quantitative estimate of drug-likeness (QED) is 0.686. The first kappa shape index (κ1) is 19.7. The molecule has 0 bridgehead atoms. The van der Waals surface area contributed by atoms with E-state index in [1.54, 1.807) is 28.4 Å². The third kappa shape index (κ3) is 5.16. The number of nitrogens with one attached hydrogen (secondary N) is 2. The fourth-order valence-corrected chi connectivity index (χ4v) is 2.65. The van der Waals surface area contributed by atoms with E-state index in [4.69, 9.17) is 31.2 Å². The smallest absolute Gasteiger partial charge is 0.170 e. The fourth-order valence-electron chi connectivity index (χ4n) is 2.43. The molecule has 0 heterocycles. The fraction of sp³-hybridized carbons (Fsp3) is 0.316. The number of hydrogen-bond acceptors (Lipinski definition) is 5. The molecule has 0 saturated heterocycles. The van der Waals surface area contributed by atoms with E-state index in [1.165, 1.54) is 0 Å². The molecule has 0 aliphatic rings. The summed E-state index contributed by atoms with van der Waals surface area (Å²) in [6.45, 7) is 0.674. The van der Waals surface area contributed by atoms with Crippen LogP contribution in [0, 0.1) is 0 Å². The van der Waals surface area contributed by atoms with Crippen molar-refractivity contribution in [3.8, 4) is 23.0 Å². The lowest BCUT2D eigenvalue weighted by molar-refractivity contribution is 0.354. The summed E-state index contributed by atoms with van der Waals surface area (Å²) < 4.78 is 21.1. The maximum atomic E-state index is 5.36. The second-order valence-corrected chi connectivity index (χ2v) is 5.79. The predicted octanol–water partition coefficient (Wildman–Crippen LogP) is 3.25. The lowest BCUT2D eigenvalue weighted by Gasteiger charge is -2.15. The molecular weight excluding hydrogens is 352 g/mol. The van der Waals surface area contributed by atoms with Gasteiger partial charge in [-0.1, -0.05) is 6.07 Å². The average Bonchev–Trinajstić information content (AvgIpc) is 2.67. The second kappa shape index (κ2) is 9.72.